The molecule has 3 rings (SSSR count). The van der Waals surface area contributed by atoms with Crippen LogP contribution in [0.3, 0.4) is 0 Å². The highest BCUT2D eigenvalue weighted by atomic mass is 16.5. The highest BCUT2D eigenvalue weighted by molar-refractivity contribution is 5.74. The van der Waals surface area contributed by atoms with Crippen LogP contribution < -0.4 is 15.4 Å². The highest BCUT2D eigenvalue weighted by Gasteiger charge is 2.18. The van der Waals surface area contributed by atoms with E-state index in [2.05, 4.69) is 10.6 Å². The van der Waals surface area contributed by atoms with Gasteiger partial charge in [0.2, 0.25) is 0 Å². The van der Waals surface area contributed by atoms with Gasteiger partial charge in [0.05, 0.1) is 12.8 Å². The SMILES string of the molecule is Cc1ccc(OCCNC(=O)NC(c2ccccc2)c2ccco2)cc1. The summed E-state index contributed by atoms with van der Waals surface area (Å²) < 4.78 is 11.1. The summed E-state index contributed by atoms with van der Waals surface area (Å²) in [7, 11) is 0. The molecular formula is C21H22N2O3. The van der Waals surface area contributed by atoms with Crippen LogP contribution in [-0.4, -0.2) is 19.2 Å². The Labute approximate surface area is 153 Å². The molecule has 0 aliphatic heterocycles. The van der Waals surface area contributed by atoms with Crippen LogP contribution in [0.15, 0.2) is 77.4 Å². The number of nitrogens with one attached hydrogen (secondary N) is 2. The normalized spacial score (nSPS) is 11.6. The quantitative estimate of drug-likeness (QED) is 0.632. The molecule has 26 heavy (non-hydrogen) atoms. The minimum atomic E-state index is -0.343. The van der Waals surface area contributed by atoms with Gasteiger partial charge in [0.1, 0.15) is 24.2 Å². The number of furan rings is 1. The van der Waals surface area contributed by atoms with Crippen molar-refractivity contribution in [3.63, 3.8) is 0 Å². The fraction of sp³-hybridized carbons (Fsp3) is 0.190. The number of rotatable bonds is 7. The monoisotopic (exact) mass is 350 g/mol. The second-order valence-corrected chi connectivity index (χ2v) is 5.92. The van der Waals surface area contributed by atoms with E-state index in [0.29, 0.717) is 18.9 Å². The Balaban J connectivity index is 1.51. The molecule has 2 N–H and O–H groups in total. The summed E-state index contributed by atoms with van der Waals surface area (Å²) in [6, 6.07) is 20.5. The third-order valence-electron chi connectivity index (χ3n) is 3.91. The summed E-state index contributed by atoms with van der Waals surface area (Å²) in [5.74, 6) is 1.47. The lowest BCUT2D eigenvalue weighted by molar-refractivity contribution is 0.233. The van der Waals surface area contributed by atoms with Crippen LogP contribution in [0.4, 0.5) is 4.79 Å². The van der Waals surface area contributed by atoms with Crippen molar-refractivity contribution in [3.8, 4) is 5.75 Å². The Morgan fingerprint density at radius 1 is 1.04 bits per heavy atom. The van der Waals surface area contributed by atoms with E-state index in [1.165, 1.54) is 5.56 Å². The van der Waals surface area contributed by atoms with Crippen molar-refractivity contribution < 1.29 is 13.9 Å². The number of amides is 2. The van der Waals surface area contributed by atoms with Crippen LogP contribution in [0, 0.1) is 6.92 Å². The molecule has 5 nitrogen and oxygen atoms in total. The first-order valence-electron chi connectivity index (χ1n) is 8.54. The average molecular weight is 350 g/mol. The van der Waals surface area contributed by atoms with Gasteiger partial charge < -0.3 is 19.8 Å². The van der Waals surface area contributed by atoms with Gasteiger partial charge in [0, 0.05) is 0 Å². The van der Waals surface area contributed by atoms with Crippen LogP contribution in [0.1, 0.15) is 22.9 Å². The number of hydrogen-bond acceptors (Lipinski definition) is 3. The lowest BCUT2D eigenvalue weighted by Crippen LogP contribution is -2.40. The van der Waals surface area contributed by atoms with Gasteiger partial charge >= 0.3 is 6.03 Å². The Hall–Kier alpha value is -3.21. The fourth-order valence-electron chi connectivity index (χ4n) is 2.57. The molecule has 0 saturated carbocycles. The molecule has 0 saturated heterocycles. The van der Waals surface area contributed by atoms with Gasteiger partial charge in [0.15, 0.2) is 0 Å². The minimum absolute atomic E-state index is 0.275. The Morgan fingerprint density at radius 2 is 1.81 bits per heavy atom. The van der Waals surface area contributed by atoms with Gasteiger partial charge in [-0.15, -0.1) is 0 Å². The van der Waals surface area contributed by atoms with E-state index in [-0.39, 0.29) is 12.1 Å². The Bertz CT molecular complexity index is 799. The van der Waals surface area contributed by atoms with E-state index in [4.69, 9.17) is 9.15 Å². The predicted molar refractivity (Wildman–Crippen MR) is 100 cm³/mol. The van der Waals surface area contributed by atoms with E-state index >= 15 is 0 Å². The molecule has 2 amide bonds. The zero-order valence-electron chi connectivity index (χ0n) is 14.6. The van der Waals surface area contributed by atoms with Gasteiger partial charge in [-0.2, -0.15) is 0 Å². The van der Waals surface area contributed by atoms with Crippen LogP contribution in [0.5, 0.6) is 5.75 Å². The van der Waals surface area contributed by atoms with E-state index in [1.54, 1.807) is 12.3 Å². The van der Waals surface area contributed by atoms with Crippen molar-refractivity contribution in [1.82, 2.24) is 10.6 Å². The minimum Gasteiger partial charge on any atom is -0.492 e. The number of ether oxygens (including phenoxy) is 1. The van der Waals surface area contributed by atoms with Crippen LogP contribution in [0.25, 0.3) is 0 Å². The predicted octanol–water partition coefficient (Wildman–Crippen LogP) is 4.06. The summed E-state index contributed by atoms with van der Waals surface area (Å²) in [5.41, 5.74) is 2.13. The van der Waals surface area contributed by atoms with Crippen LogP contribution in [-0.2, 0) is 0 Å². The lowest BCUT2D eigenvalue weighted by atomic mass is 10.1. The molecule has 0 spiro atoms. The first-order chi connectivity index (χ1) is 12.7. The molecule has 0 radical (unpaired) electrons. The van der Waals surface area contributed by atoms with E-state index in [9.17, 15) is 4.79 Å². The maximum absolute atomic E-state index is 12.3. The number of urea groups is 1. The van der Waals surface area contributed by atoms with Gasteiger partial charge in [-0.3, -0.25) is 0 Å². The summed E-state index contributed by atoms with van der Waals surface area (Å²) in [6.07, 6.45) is 1.60. The zero-order chi connectivity index (χ0) is 18.2. The molecule has 1 unspecified atom stereocenters. The van der Waals surface area contributed by atoms with Crippen molar-refractivity contribution in [2.75, 3.05) is 13.2 Å². The molecule has 1 aromatic heterocycles. The maximum atomic E-state index is 12.3. The molecule has 0 aliphatic carbocycles. The summed E-state index contributed by atoms with van der Waals surface area (Å²) in [4.78, 5) is 12.3. The molecule has 134 valence electrons. The molecule has 0 aliphatic rings. The average Bonchev–Trinajstić information content (AvgIpc) is 3.20. The number of aryl methyl sites for hydroxylation is 1. The van der Waals surface area contributed by atoms with Crippen molar-refractivity contribution in [3.05, 3.63) is 89.9 Å². The molecule has 5 heteroatoms. The molecule has 2 aromatic carbocycles. The van der Waals surface area contributed by atoms with Gasteiger partial charge in [-0.1, -0.05) is 48.0 Å². The van der Waals surface area contributed by atoms with Gasteiger partial charge in [-0.25, -0.2) is 4.79 Å². The van der Waals surface area contributed by atoms with E-state index in [1.807, 2.05) is 67.6 Å². The zero-order valence-corrected chi connectivity index (χ0v) is 14.6. The van der Waals surface area contributed by atoms with Gasteiger partial charge in [0.25, 0.3) is 0 Å². The third kappa shape index (κ3) is 4.89. The van der Waals surface area contributed by atoms with Gasteiger partial charge in [-0.05, 0) is 36.8 Å². The van der Waals surface area contributed by atoms with Crippen molar-refractivity contribution >= 4 is 6.03 Å². The molecule has 0 bridgehead atoms. The first-order valence-corrected chi connectivity index (χ1v) is 8.54. The largest absolute Gasteiger partial charge is 0.492 e. The Morgan fingerprint density at radius 3 is 2.50 bits per heavy atom. The number of benzene rings is 2. The standard InChI is InChI=1S/C21H22N2O3/c1-16-9-11-18(12-10-16)25-15-13-22-21(24)23-20(19-8-5-14-26-19)17-6-3-2-4-7-17/h2-12,14,20H,13,15H2,1H3,(H2,22,23,24). The second kappa shape index (κ2) is 8.76. The number of carbonyl (C=O) groups excluding carboxylic acids is 1. The molecule has 1 atom stereocenters. The number of hydrogen-bond donors (Lipinski definition) is 2. The number of carbonyl (C=O) groups is 1. The smallest absolute Gasteiger partial charge is 0.315 e. The van der Waals surface area contributed by atoms with Crippen LogP contribution >= 0.6 is 0 Å². The first kappa shape index (κ1) is 17.6. The second-order valence-electron chi connectivity index (χ2n) is 5.92. The summed E-state index contributed by atoms with van der Waals surface area (Å²) in [5, 5.41) is 5.75. The molecule has 3 aromatic rings. The summed E-state index contributed by atoms with van der Waals surface area (Å²) in [6.45, 7) is 2.82. The molecule has 0 fully saturated rings. The lowest BCUT2D eigenvalue weighted by Gasteiger charge is -2.17. The topological polar surface area (TPSA) is 63.5 Å². The fourth-order valence-corrected chi connectivity index (χ4v) is 2.57. The van der Waals surface area contributed by atoms with E-state index in [0.717, 1.165) is 11.3 Å². The maximum Gasteiger partial charge on any atom is 0.315 e. The third-order valence-corrected chi connectivity index (χ3v) is 3.91. The van der Waals surface area contributed by atoms with Crippen molar-refractivity contribution in [1.29, 1.82) is 0 Å². The van der Waals surface area contributed by atoms with Crippen LogP contribution in [0.2, 0.25) is 0 Å². The Kier molecular flexibility index (Phi) is 5.93. The summed E-state index contributed by atoms with van der Waals surface area (Å²) >= 11 is 0. The van der Waals surface area contributed by atoms with Crippen molar-refractivity contribution in [2.24, 2.45) is 0 Å². The molecular weight excluding hydrogens is 328 g/mol. The molecule has 1 heterocycles. The van der Waals surface area contributed by atoms with E-state index < -0.39 is 0 Å². The van der Waals surface area contributed by atoms with Crippen molar-refractivity contribution in [2.45, 2.75) is 13.0 Å². The highest BCUT2D eigenvalue weighted by Crippen LogP contribution is 2.22.